The number of H-pyrrole nitrogens is 1. The molecule has 23 heavy (non-hydrogen) atoms. The summed E-state index contributed by atoms with van der Waals surface area (Å²) in [5.41, 5.74) is 0.838. The summed E-state index contributed by atoms with van der Waals surface area (Å²) in [6, 6.07) is 1.78. The smallest absolute Gasteiger partial charge is 0.256 e. The lowest BCUT2D eigenvalue weighted by Gasteiger charge is -2.10. The first-order chi connectivity index (χ1) is 10.9. The molecule has 0 fully saturated rings. The zero-order chi connectivity index (χ0) is 17.0. The van der Waals surface area contributed by atoms with Crippen LogP contribution in [0.2, 0.25) is 0 Å². The van der Waals surface area contributed by atoms with E-state index < -0.39 is 0 Å². The Morgan fingerprint density at radius 3 is 2.87 bits per heavy atom. The summed E-state index contributed by atoms with van der Waals surface area (Å²) in [6.45, 7) is 6.25. The molecule has 7 heteroatoms. The Labute approximate surface area is 134 Å². The van der Waals surface area contributed by atoms with Crippen LogP contribution in [-0.4, -0.2) is 40.4 Å². The van der Waals surface area contributed by atoms with Crippen LogP contribution in [0.3, 0.4) is 0 Å². The van der Waals surface area contributed by atoms with Crippen LogP contribution in [0.4, 0.5) is 0 Å². The van der Waals surface area contributed by atoms with Gasteiger partial charge in [0, 0.05) is 36.2 Å². The van der Waals surface area contributed by atoms with Gasteiger partial charge >= 0.3 is 0 Å². The molecular formula is C16H22N4O3. The summed E-state index contributed by atoms with van der Waals surface area (Å²) in [6.07, 6.45) is 4.54. The maximum Gasteiger partial charge on any atom is 0.256 e. The Bertz CT molecular complexity index is 773. The fourth-order valence-corrected chi connectivity index (χ4v) is 2.29. The van der Waals surface area contributed by atoms with Gasteiger partial charge in [-0.15, -0.1) is 0 Å². The van der Waals surface area contributed by atoms with E-state index in [0.717, 1.165) is 5.39 Å². The number of nitrogens with zero attached hydrogens (tertiary/aromatic N) is 2. The van der Waals surface area contributed by atoms with Crippen LogP contribution in [0, 0.1) is 0 Å². The second-order valence-corrected chi connectivity index (χ2v) is 5.74. The molecule has 0 aliphatic rings. The highest BCUT2D eigenvalue weighted by molar-refractivity contribution is 5.92. The average Bonchev–Trinajstić information content (AvgIpc) is 2.87. The predicted molar refractivity (Wildman–Crippen MR) is 89.3 cm³/mol. The zero-order valence-corrected chi connectivity index (χ0v) is 13.8. The van der Waals surface area contributed by atoms with Gasteiger partial charge in [-0.05, 0) is 32.9 Å². The molecule has 7 nitrogen and oxygen atoms in total. The van der Waals surface area contributed by atoms with Crippen LogP contribution in [0.15, 0.2) is 23.1 Å². The molecule has 0 aliphatic carbocycles. The van der Waals surface area contributed by atoms with Crippen molar-refractivity contribution < 1.29 is 9.53 Å². The molecule has 0 bridgehead atoms. The number of aromatic nitrogens is 3. The Balaban J connectivity index is 2.20. The molecule has 2 aromatic heterocycles. The van der Waals surface area contributed by atoms with Crippen molar-refractivity contribution in [2.24, 2.45) is 0 Å². The number of pyridine rings is 1. The molecule has 1 atom stereocenters. The molecule has 124 valence electrons. The van der Waals surface area contributed by atoms with Crippen LogP contribution in [0.5, 0.6) is 0 Å². The SMILES string of the molecule is COCC(C)NC(=O)C=Cc1cc2cnn(C(C)C)c2[nH]c1=O. The molecule has 0 saturated heterocycles. The molecule has 2 heterocycles. The zero-order valence-electron chi connectivity index (χ0n) is 13.8. The van der Waals surface area contributed by atoms with Crippen molar-refractivity contribution in [2.75, 3.05) is 13.7 Å². The van der Waals surface area contributed by atoms with Crippen molar-refractivity contribution >= 4 is 23.0 Å². The van der Waals surface area contributed by atoms with Gasteiger partial charge in [0.05, 0.1) is 12.8 Å². The molecule has 2 aromatic rings. The third kappa shape index (κ3) is 4.07. The van der Waals surface area contributed by atoms with E-state index in [0.29, 0.717) is 17.8 Å². The quantitative estimate of drug-likeness (QED) is 0.789. The fourth-order valence-electron chi connectivity index (χ4n) is 2.29. The van der Waals surface area contributed by atoms with E-state index in [4.69, 9.17) is 4.74 Å². The largest absolute Gasteiger partial charge is 0.383 e. The van der Waals surface area contributed by atoms with Crippen molar-refractivity contribution in [3.8, 4) is 0 Å². The summed E-state index contributed by atoms with van der Waals surface area (Å²) < 4.78 is 6.71. The minimum atomic E-state index is -0.271. The van der Waals surface area contributed by atoms with Gasteiger partial charge in [0.1, 0.15) is 5.65 Å². The highest BCUT2D eigenvalue weighted by atomic mass is 16.5. The van der Waals surface area contributed by atoms with Gasteiger partial charge in [0.15, 0.2) is 0 Å². The highest BCUT2D eigenvalue weighted by Gasteiger charge is 2.09. The van der Waals surface area contributed by atoms with Crippen molar-refractivity contribution in [1.82, 2.24) is 20.1 Å². The highest BCUT2D eigenvalue weighted by Crippen LogP contribution is 2.15. The van der Waals surface area contributed by atoms with Gasteiger partial charge in [-0.1, -0.05) is 0 Å². The van der Waals surface area contributed by atoms with Crippen LogP contribution >= 0.6 is 0 Å². The van der Waals surface area contributed by atoms with Crippen molar-refractivity contribution in [1.29, 1.82) is 0 Å². The van der Waals surface area contributed by atoms with Gasteiger partial charge in [0.25, 0.3) is 5.56 Å². The number of amides is 1. The number of methoxy groups -OCH3 is 1. The van der Waals surface area contributed by atoms with Gasteiger partial charge in [0.2, 0.25) is 5.91 Å². The van der Waals surface area contributed by atoms with E-state index in [2.05, 4.69) is 15.4 Å². The second kappa shape index (κ2) is 7.23. The number of carbonyl (C=O) groups is 1. The Morgan fingerprint density at radius 1 is 1.48 bits per heavy atom. The van der Waals surface area contributed by atoms with Crippen molar-refractivity contribution in [3.05, 3.63) is 34.3 Å². The summed E-state index contributed by atoms with van der Waals surface area (Å²) in [5, 5.41) is 7.83. The van der Waals surface area contributed by atoms with Gasteiger partial charge in [-0.25, -0.2) is 4.68 Å². The van der Waals surface area contributed by atoms with E-state index in [1.165, 1.54) is 12.2 Å². The van der Waals surface area contributed by atoms with Crippen molar-refractivity contribution in [2.45, 2.75) is 32.9 Å². The molecule has 0 aromatic carbocycles. The first-order valence-electron chi connectivity index (χ1n) is 7.50. The Morgan fingerprint density at radius 2 is 2.22 bits per heavy atom. The number of hydrogen-bond acceptors (Lipinski definition) is 4. The summed E-state index contributed by atoms with van der Waals surface area (Å²) in [5.74, 6) is -0.271. The third-order valence-electron chi connectivity index (χ3n) is 3.34. The van der Waals surface area contributed by atoms with E-state index in [9.17, 15) is 9.59 Å². The number of rotatable bonds is 6. The van der Waals surface area contributed by atoms with Gasteiger partial charge < -0.3 is 15.0 Å². The molecule has 0 saturated carbocycles. The summed E-state index contributed by atoms with van der Waals surface area (Å²) in [4.78, 5) is 26.7. The number of fused-ring (bicyclic) bond motifs is 1. The molecule has 2 rings (SSSR count). The molecule has 0 spiro atoms. The Hall–Kier alpha value is -2.41. The van der Waals surface area contributed by atoms with Gasteiger partial charge in [-0.2, -0.15) is 5.10 Å². The molecule has 2 N–H and O–H groups in total. The minimum Gasteiger partial charge on any atom is -0.383 e. The van der Waals surface area contributed by atoms with E-state index in [1.54, 1.807) is 24.1 Å². The average molecular weight is 318 g/mol. The van der Waals surface area contributed by atoms with E-state index in [1.807, 2.05) is 20.8 Å². The number of hydrogen-bond donors (Lipinski definition) is 2. The molecular weight excluding hydrogens is 296 g/mol. The number of ether oxygens (including phenoxy) is 1. The lowest BCUT2D eigenvalue weighted by molar-refractivity contribution is -0.117. The van der Waals surface area contributed by atoms with Crippen LogP contribution in [-0.2, 0) is 9.53 Å². The van der Waals surface area contributed by atoms with E-state index in [-0.39, 0.29) is 23.6 Å². The second-order valence-electron chi connectivity index (χ2n) is 5.74. The number of nitrogens with one attached hydrogen (secondary N) is 2. The standard InChI is InChI=1S/C16H22N4O3/c1-10(2)20-15-13(8-17-20)7-12(16(22)19-15)5-6-14(21)18-11(3)9-23-4/h5-8,10-11H,9H2,1-4H3,(H,18,21)(H,19,22). The molecule has 1 unspecified atom stereocenters. The maximum absolute atomic E-state index is 12.1. The Kier molecular flexibility index (Phi) is 5.33. The number of aromatic amines is 1. The fraction of sp³-hybridized carbons (Fsp3) is 0.438. The maximum atomic E-state index is 12.1. The lowest BCUT2D eigenvalue weighted by Crippen LogP contribution is -2.34. The van der Waals surface area contributed by atoms with Gasteiger partial charge in [-0.3, -0.25) is 9.59 Å². The molecule has 0 radical (unpaired) electrons. The topological polar surface area (TPSA) is 89.0 Å². The molecule has 1 amide bonds. The summed E-state index contributed by atoms with van der Waals surface area (Å²) >= 11 is 0. The first kappa shape index (κ1) is 17.0. The number of carbonyl (C=O) groups excluding carboxylic acids is 1. The normalized spacial score (nSPS) is 13.1. The predicted octanol–water partition coefficient (Wildman–Crippen LogP) is 1.47. The lowest BCUT2D eigenvalue weighted by atomic mass is 10.2. The van der Waals surface area contributed by atoms with Crippen LogP contribution < -0.4 is 10.9 Å². The monoisotopic (exact) mass is 318 g/mol. The summed E-state index contributed by atoms with van der Waals surface area (Å²) in [7, 11) is 1.57. The van der Waals surface area contributed by atoms with E-state index >= 15 is 0 Å². The first-order valence-corrected chi connectivity index (χ1v) is 7.50. The molecule has 0 aliphatic heterocycles. The third-order valence-corrected chi connectivity index (χ3v) is 3.34. The van der Waals surface area contributed by atoms with Crippen molar-refractivity contribution in [3.63, 3.8) is 0 Å². The van der Waals surface area contributed by atoms with Crippen LogP contribution in [0.25, 0.3) is 17.1 Å². The van der Waals surface area contributed by atoms with Crippen LogP contribution in [0.1, 0.15) is 32.4 Å². The minimum absolute atomic E-state index is 0.0952.